The molecular weight excluding hydrogens is 116 g/mol. The Labute approximate surface area is 55.8 Å². The molecule has 1 heterocycles. The molecule has 0 radical (unpaired) electrons. The van der Waals surface area contributed by atoms with Gasteiger partial charge in [-0.3, -0.25) is 0 Å². The molecule has 1 saturated heterocycles. The summed E-state index contributed by atoms with van der Waals surface area (Å²) in [6, 6.07) is 0. The Morgan fingerprint density at radius 1 is 1.56 bits per heavy atom. The largest absolute Gasteiger partial charge is 0.390 e. The van der Waals surface area contributed by atoms with Gasteiger partial charge in [-0.15, -0.1) is 0 Å². The Balaban J connectivity index is 2.32. The predicted octanol–water partition coefficient (Wildman–Crippen LogP) is 0.794. The van der Waals surface area contributed by atoms with Crippen molar-refractivity contribution < 1.29 is 9.84 Å². The zero-order valence-corrected chi connectivity index (χ0v) is 5.84. The lowest BCUT2D eigenvalue weighted by molar-refractivity contribution is 0.0311. The average Bonchev–Trinajstić information content (AvgIpc) is 1.99. The van der Waals surface area contributed by atoms with E-state index in [2.05, 4.69) is 6.92 Å². The number of rotatable bonds is 0. The lowest BCUT2D eigenvalue weighted by Crippen LogP contribution is -2.20. The van der Waals surface area contributed by atoms with Crippen LogP contribution in [-0.4, -0.2) is 24.4 Å². The number of aliphatic hydroxyl groups excluding tert-OH is 1. The van der Waals surface area contributed by atoms with Crippen molar-refractivity contribution in [1.29, 1.82) is 0 Å². The van der Waals surface area contributed by atoms with Crippen molar-refractivity contribution >= 4 is 0 Å². The fraction of sp³-hybridized carbons (Fsp3) is 1.00. The molecule has 1 aliphatic heterocycles. The minimum Gasteiger partial charge on any atom is -0.390 e. The lowest BCUT2D eigenvalue weighted by Gasteiger charge is -2.12. The first-order valence-electron chi connectivity index (χ1n) is 3.56. The maximum Gasteiger partial charge on any atom is 0.0799 e. The van der Waals surface area contributed by atoms with Crippen molar-refractivity contribution in [2.75, 3.05) is 13.2 Å². The zero-order valence-electron chi connectivity index (χ0n) is 5.84. The van der Waals surface area contributed by atoms with E-state index in [-0.39, 0.29) is 6.10 Å². The molecular formula is C7H14O2. The van der Waals surface area contributed by atoms with Gasteiger partial charge in [0.05, 0.1) is 12.7 Å². The molecule has 0 bridgehead atoms. The van der Waals surface area contributed by atoms with Crippen LogP contribution in [0.5, 0.6) is 0 Å². The molecule has 0 aromatic heterocycles. The number of hydrogen-bond donors (Lipinski definition) is 1. The molecule has 0 spiro atoms. The number of aliphatic hydroxyl groups is 1. The number of hydrogen-bond acceptors (Lipinski definition) is 2. The third-order valence-corrected chi connectivity index (χ3v) is 1.89. The van der Waals surface area contributed by atoms with E-state index >= 15 is 0 Å². The van der Waals surface area contributed by atoms with Crippen molar-refractivity contribution in [2.24, 2.45) is 5.92 Å². The highest BCUT2D eigenvalue weighted by Crippen LogP contribution is 2.14. The average molecular weight is 130 g/mol. The summed E-state index contributed by atoms with van der Waals surface area (Å²) in [6.45, 7) is 3.42. The monoisotopic (exact) mass is 130 g/mol. The van der Waals surface area contributed by atoms with Crippen LogP contribution in [0, 0.1) is 5.92 Å². The van der Waals surface area contributed by atoms with Gasteiger partial charge in [-0.25, -0.2) is 0 Å². The minimum atomic E-state index is -0.229. The summed E-state index contributed by atoms with van der Waals surface area (Å²) >= 11 is 0. The number of ether oxygens (including phenoxy) is 1. The molecule has 1 fully saturated rings. The highest BCUT2D eigenvalue weighted by molar-refractivity contribution is 4.66. The van der Waals surface area contributed by atoms with E-state index in [1.807, 2.05) is 0 Å². The fourth-order valence-corrected chi connectivity index (χ4v) is 1.07. The van der Waals surface area contributed by atoms with Gasteiger partial charge in [0.2, 0.25) is 0 Å². The van der Waals surface area contributed by atoms with Gasteiger partial charge in [-0.2, -0.15) is 0 Å². The summed E-state index contributed by atoms with van der Waals surface area (Å²) in [6.07, 6.45) is 1.96. The topological polar surface area (TPSA) is 29.5 Å². The van der Waals surface area contributed by atoms with Crippen molar-refractivity contribution in [2.45, 2.75) is 25.9 Å². The smallest absolute Gasteiger partial charge is 0.0799 e. The van der Waals surface area contributed by atoms with Crippen molar-refractivity contribution in [3.8, 4) is 0 Å². The zero-order chi connectivity index (χ0) is 6.69. The van der Waals surface area contributed by atoms with E-state index in [1.54, 1.807) is 0 Å². The van der Waals surface area contributed by atoms with Crippen molar-refractivity contribution in [3.05, 3.63) is 0 Å². The summed E-state index contributed by atoms with van der Waals surface area (Å²) in [5.74, 6) is 0.424. The summed E-state index contributed by atoms with van der Waals surface area (Å²) in [5, 5.41) is 9.23. The van der Waals surface area contributed by atoms with E-state index in [0.717, 1.165) is 19.4 Å². The van der Waals surface area contributed by atoms with E-state index in [4.69, 9.17) is 4.74 Å². The third kappa shape index (κ3) is 1.95. The molecule has 2 nitrogen and oxygen atoms in total. The Hall–Kier alpha value is -0.0800. The Morgan fingerprint density at radius 3 is 3.11 bits per heavy atom. The molecule has 1 N–H and O–H groups in total. The predicted molar refractivity (Wildman–Crippen MR) is 35.2 cm³/mol. The van der Waals surface area contributed by atoms with Gasteiger partial charge in [-0.05, 0) is 18.8 Å². The van der Waals surface area contributed by atoms with E-state index in [9.17, 15) is 5.11 Å². The quantitative estimate of drug-likeness (QED) is 0.525. The molecule has 0 saturated carbocycles. The molecule has 0 aliphatic carbocycles. The first-order valence-corrected chi connectivity index (χ1v) is 3.56. The second-order valence-electron chi connectivity index (χ2n) is 2.76. The van der Waals surface area contributed by atoms with Crippen LogP contribution in [-0.2, 0) is 4.74 Å². The Morgan fingerprint density at radius 2 is 2.33 bits per heavy atom. The van der Waals surface area contributed by atoms with Crippen molar-refractivity contribution in [1.82, 2.24) is 0 Å². The van der Waals surface area contributed by atoms with Crippen LogP contribution in [0.25, 0.3) is 0 Å². The third-order valence-electron chi connectivity index (χ3n) is 1.89. The standard InChI is InChI=1S/C7H14O2/c1-6-3-2-4-9-5-7(6)8/h6-8H,2-5H2,1H3/t6-,7+/m0/s1. The molecule has 0 aromatic rings. The van der Waals surface area contributed by atoms with Gasteiger partial charge in [0.15, 0.2) is 0 Å². The summed E-state index contributed by atoms with van der Waals surface area (Å²) in [4.78, 5) is 0. The van der Waals surface area contributed by atoms with Crippen LogP contribution in [0.2, 0.25) is 0 Å². The summed E-state index contributed by atoms with van der Waals surface area (Å²) in [7, 11) is 0. The van der Waals surface area contributed by atoms with Crippen LogP contribution >= 0.6 is 0 Å². The molecule has 54 valence electrons. The van der Waals surface area contributed by atoms with Gasteiger partial charge < -0.3 is 9.84 Å². The van der Waals surface area contributed by atoms with Crippen molar-refractivity contribution in [3.63, 3.8) is 0 Å². The van der Waals surface area contributed by atoms with E-state index in [1.165, 1.54) is 0 Å². The molecule has 9 heavy (non-hydrogen) atoms. The van der Waals surface area contributed by atoms with E-state index in [0.29, 0.717) is 12.5 Å². The molecule has 1 aliphatic rings. The Bertz CT molecular complexity index is 73.0. The summed E-state index contributed by atoms with van der Waals surface area (Å²) < 4.78 is 5.13. The van der Waals surface area contributed by atoms with Crippen LogP contribution in [0.4, 0.5) is 0 Å². The van der Waals surface area contributed by atoms with Crippen LogP contribution in [0.3, 0.4) is 0 Å². The molecule has 2 atom stereocenters. The molecule has 0 unspecified atom stereocenters. The highest BCUT2D eigenvalue weighted by atomic mass is 16.5. The van der Waals surface area contributed by atoms with Gasteiger partial charge >= 0.3 is 0 Å². The minimum absolute atomic E-state index is 0.229. The molecule has 0 aromatic carbocycles. The maximum absolute atomic E-state index is 9.23. The van der Waals surface area contributed by atoms with Gasteiger partial charge in [-0.1, -0.05) is 6.92 Å². The molecule has 1 rings (SSSR count). The second kappa shape index (κ2) is 3.18. The molecule has 2 heteroatoms. The van der Waals surface area contributed by atoms with Crippen LogP contribution in [0.15, 0.2) is 0 Å². The lowest BCUT2D eigenvalue weighted by atomic mass is 10.0. The normalized spacial score (nSPS) is 38.0. The summed E-state index contributed by atoms with van der Waals surface area (Å²) in [5.41, 5.74) is 0. The van der Waals surface area contributed by atoms with Gasteiger partial charge in [0, 0.05) is 6.61 Å². The first kappa shape index (κ1) is 7.03. The van der Waals surface area contributed by atoms with Crippen LogP contribution < -0.4 is 0 Å². The second-order valence-corrected chi connectivity index (χ2v) is 2.76. The Kier molecular flexibility index (Phi) is 2.49. The molecule has 0 amide bonds. The maximum atomic E-state index is 9.23. The first-order chi connectivity index (χ1) is 4.30. The fourth-order valence-electron chi connectivity index (χ4n) is 1.07. The SMILES string of the molecule is C[C@H]1CCCOC[C@H]1O. The van der Waals surface area contributed by atoms with E-state index < -0.39 is 0 Å². The highest BCUT2D eigenvalue weighted by Gasteiger charge is 2.16. The van der Waals surface area contributed by atoms with Gasteiger partial charge in [0.1, 0.15) is 0 Å². The van der Waals surface area contributed by atoms with Gasteiger partial charge in [0.25, 0.3) is 0 Å². The van der Waals surface area contributed by atoms with Crippen LogP contribution in [0.1, 0.15) is 19.8 Å².